The number of phenols is 1. The second-order valence-electron chi connectivity index (χ2n) is 3.90. The number of para-hydroxylation sites is 1. The van der Waals surface area contributed by atoms with Crippen LogP contribution in [0.25, 0.3) is 10.8 Å². The van der Waals surface area contributed by atoms with E-state index in [2.05, 4.69) is 10.2 Å². The lowest BCUT2D eigenvalue weighted by Gasteiger charge is -1.92. The van der Waals surface area contributed by atoms with Gasteiger partial charge in [0.25, 0.3) is 0 Å². The van der Waals surface area contributed by atoms with Crippen LogP contribution < -0.4 is 0 Å². The van der Waals surface area contributed by atoms with Gasteiger partial charge < -0.3 is 5.11 Å². The third-order valence-electron chi connectivity index (χ3n) is 2.57. The Morgan fingerprint density at radius 2 is 1.28 bits per heavy atom. The molecule has 3 heteroatoms. The van der Waals surface area contributed by atoms with Crippen LogP contribution >= 0.6 is 0 Å². The Labute approximate surface area is 106 Å². The maximum Gasteiger partial charge on any atom is 0.118 e. The third-order valence-corrected chi connectivity index (χ3v) is 2.57. The highest BCUT2D eigenvalue weighted by Crippen LogP contribution is 2.12. The van der Waals surface area contributed by atoms with Gasteiger partial charge in [0.05, 0.1) is 12.4 Å². The number of nitrogens with zero attached hydrogens (tertiary/aromatic N) is 2. The summed E-state index contributed by atoms with van der Waals surface area (Å²) in [5.41, 5.74) is 0.924. The minimum Gasteiger partial charge on any atom is -0.508 e. The van der Waals surface area contributed by atoms with E-state index in [0.717, 1.165) is 16.3 Å². The number of aryl methyl sites for hydroxylation is 1. The van der Waals surface area contributed by atoms with Crippen molar-refractivity contribution in [2.45, 2.75) is 6.92 Å². The summed E-state index contributed by atoms with van der Waals surface area (Å²) in [5, 5.41) is 18.7. The zero-order valence-electron chi connectivity index (χ0n) is 10.1. The van der Waals surface area contributed by atoms with E-state index in [9.17, 15) is 0 Å². The van der Waals surface area contributed by atoms with Crippen molar-refractivity contribution in [2.24, 2.45) is 0 Å². The molecule has 3 nitrogen and oxygen atoms in total. The Morgan fingerprint density at radius 1 is 0.778 bits per heavy atom. The fourth-order valence-electron chi connectivity index (χ4n) is 1.50. The number of aromatic hydroxyl groups is 1. The lowest BCUT2D eigenvalue weighted by Crippen LogP contribution is -1.77. The van der Waals surface area contributed by atoms with Crippen LogP contribution in [0.15, 0.2) is 60.9 Å². The summed E-state index contributed by atoms with van der Waals surface area (Å²) in [6.45, 7) is 1.87. The molecule has 1 N–H and O–H groups in total. The number of hydrogen-bond acceptors (Lipinski definition) is 3. The summed E-state index contributed by atoms with van der Waals surface area (Å²) in [4.78, 5) is 0. The second kappa shape index (κ2) is 5.77. The van der Waals surface area contributed by atoms with Crippen LogP contribution in [-0.4, -0.2) is 15.3 Å². The molecule has 0 bridgehead atoms. The van der Waals surface area contributed by atoms with Gasteiger partial charge in [0.15, 0.2) is 0 Å². The first-order valence-corrected chi connectivity index (χ1v) is 5.67. The predicted molar refractivity (Wildman–Crippen MR) is 72.4 cm³/mol. The number of aromatic nitrogens is 2. The molecule has 3 aromatic rings. The molecule has 0 aliphatic rings. The van der Waals surface area contributed by atoms with Crippen molar-refractivity contribution < 1.29 is 5.11 Å². The van der Waals surface area contributed by atoms with Gasteiger partial charge in [-0.1, -0.05) is 42.5 Å². The first-order chi connectivity index (χ1) is 8.77. The van der Waals surface area contributed by atoms with Crippen LogP contribution in [0, 0.1) is 6.92 Å². The molecule has 0 aliphatic carbocycles. The van der Waals surface area contributed by atoms with Crippen LogP contribution in [0.3, 0.4) is 0 Å². The van der Waals surface area contributed by atoms with Crippen molar-refractivity contribution in [3.8, 4) is 5.75 Å². The summed E-state index contributed by atoms with van der Waals surface area (Å²) in [6.07, 6.45) is 3.52. The van der Waals surface area contributed by atoms with Crippen molar-refractivity contribution in [3.63, 3.8) is 0 Å². The zero-order chi connectivity index (χ0) is 12.8. The lowest BCUT2D eigenvalue weighted by atomic mass is 10.2. The van der Waals surface area contributed by atoms with Gasteiger partial charge in [0, 0.05) is 10.8 Å². The molecule has 90 valence electrons. The highest BCUT2D eigenvalue weighted by molar-refractivity contribution is 5.80. The number of hydrogen-bond donors (Lipinski definition) is 1. The summed E-state index contributed by atoms with van der Waals surface area (Å²) in [7, 11) is 0. The standard InChI is InChI=1S/C8H6N2.C7H8O/c1-2-4-8-6-10-9-5-7(8)3-1;1-6-4-2-3-5-7(6)8/h1-6H;2-5,8H,1H3. The van der Waals surface area contributed by atoms with Gasteiger partial charge in [0.1, 0.15) is 5.75 Å². The van der Waals surface area contributed by atoms with Crippen LogP contribution in [-0.2, 0) is 0 Å². The number of phenolic OH excluding ortho intramolecular Hbond substituents is 1. The first kappa shape index (κ1) is 12.0. The highest BCUT2D eigenvalue weighted by atomic mass is 16.3. The summed E-state index contributed by atoms with van der Waals surface area (Å²) in [5.74, 6) is 0.368. The van der Waals surface area contributed by atoms with Gasteiger partial charge >= 0.3 is 0 Å². The molecule has 1 aromatic heterocycles. The molecule has 3 rings (SSSR count). The van der Waals surface area contributed by atoms with E-state index in [0.29, 0.717) is 5.75 Å². The number of rotatable bonds is 0. The van der Waals surface area contributed by atoms with E-state index in [-0.39, 0.29) is 0 Å². The van der Waals surface area contributed by atoms with Gasteiger partial charge in [-0.3, -0.25) is 0 Å². The minimum atomic E-state index is 0.368. The lowest BCUT2D eigenvalue weighted by molar-refractivity contribution is 0.471. The Hall–Kier alpha value is -2.42. The highest BCUT2D eigenvalue weighted by Gasteiger charge is 1.87. The van der Waals surface area contributed by atoms with E-state index in [1.54, 1.807) is 18.5 Å². The predicted octanol–water partition coefficient (Wildman–Crippen LogP) is 3.33. The largest absolute Gasteiger partial charge is 0.508 e. The van der Waals surface area contributed by atoms with E-state index >= 15 is 0 Å². The van der Waals surface area contributed by atoms with Crippen LogP contribution in [0.5, 0.6) is 5.75 Å². The Bertz CT molecular complexity index is 551. The van der Waals surface area contributed by atoms with Crippen LogP contribution in [0.1, 0.15) is 5.56 Å². The monoisotopic (exact) mass is 238 g/mol. The Kier molecular flexibility index (Phi) is 3.86. The van der Waals surface area contributed by atoms with E-state index in [1.165, 1.54) is 0 Å². The smallest absolute Gasteiger partial charge is 0.118 e. The van der Waals surface area contributed by atoms with Crippen molar-refractivity contribution in [2.75, 3.05) is 0 Å². The van der Waals surface area contributed by atoms with Crippen molar-refractivity contribution in [1.29, 1.82) is 0 Å². The molecule has 0 saturated carbocycles. The van der Waals surface area contributed by atoms with Gasteiger partial charge in [-0.2, -0.15) is 10.2 Å². The quantitative estimate of drug-likeness (QED) is 0.653. The zero-order valence-corrected chi connectivity index (χ0v) is 10.1. The van der Waals surface area contributed by atoms with Crippen molar-refractivity contribution in [3.05, 3.63) is 66.5 Å². The molecular weight excluding hydrogens is 224 g/mol. The Balaban J connectivity index is 0.000000138. The average Bonchev–Trinajstić information content (AvgIpc) is 2.43. The molecule has 0 saturated heterocycles. The molecule has 0 radical (unpaired) electrons. The maximum absolute atomic E-state index is 8.92. The summed E-state index contributed by atoms with van der Waals surface area (Å²) < 4.78 is 0. The fraction of sp³-hybridized carbons (Fsp3) is 0.0667. The number of fused-ring (bicyclic) bond motifs is 1. The van der Waals surface area contributed by atoms with Crippen LogP contribution in [0.2, 0.25) is 0 Å². The van der Waals surface area contributed by atoms with Gasteiger partial charge in [-0.15, -0.1) is 0 Å². The summed E-state index contributed by atoms with van der Waals surface area (Å²) in [6, 6.07) is 15.3. The second-order valence-corrected chi connectivity index (χ2v) is 3.90. The van der Waals surface area contributed by atoms with E-state index < -0.39 is 0 Å². The molecular formula is C15H14N2O. The normalized spacial score (nSPS) is 9.61. The molecule has 18 heavy (non-hydrogen) atoms. The molecule has 0 atom stereocenters. The minimum absolute atomic E-state index is 0.368. The molecule has 0 amide bonds. The molecule has 0 unspecified atom stereocenters. The average molecular weight is 238 g/mol. The molecule has 2 aromatic carbocycles. The molecule has 0 aliphatic heterocycles. The maximum atomic E-state index is 8.92. The molecule has 0 spiro atoms. The molecule has 0 fully saturated rings. The summed E-state index contributed by atoms with van der Waals surface area (Å²) >= 11 is 0. The van der Waals surface area contributed by atoms with Crippen molar-refractivity contribution in [1.82, 2.24) is 10.2 Å². The van der Waals surface area contributed by atoms with Crippen molar-refractivity contribution >= 4 is 10.8 Å². The fourth-order valence-corrected chi connectivity index (χ4v) is 1.50. The molecule has 1 heterocycles. The van der Waals surface area contributed by atoms with Gasteiger partial charge in [-0.05, 0) is 18.6 Å². The first-order valence-electron chi connectivity index (χ1n) is 5.67. The van der Waals surface area contributed by atoms with Gasteiger partial charge in [0.2, 0.25) is 0 Å². The van der Waals surface area contributed by atoms with E-state index in [4.69, 9.17) is 5.11 Å². The topological polar surface area (TPSA) is 46.0 Å². The third kappa shape index (κ3) is 3.04. The SMILES string of the molecule is Cc1ccccc1O.c1ccc2cnncc2c1. The van der Waals surface area contributed by atoms with Crippen LogP contribution in [0.4, 0.5) is 0 Å². The van der Waals surface area contributed by atoms with Gasteiger partial charge in [-0.25, -0.2) is 0 Å². The Morgan fingerprint density at radius 3 is 1.72 bits per heavy atom. The number of benzene rings is 2. The van der Waals surface area contributed by atoms with E-state index in [1.807, 2.05) is 49.4 Å².